The Morgan fingerprint density at radius 3 is 2.62 bits per heavy atom. The summed E-state index contributed by atoms with van der Waals surface area (Å²) in [6, 6.07) is 13.7. The van der Waals surface area contributed by atoms with Crippen LogP contribution in [0.15, 0.2) is 53.8 Å². The van der Waals surface area contributed by atoms with Gasteiger partial charge in [-0.1, -0.05) is 18.2 Å². The third-order valence-electron chi connectivity index (χ3n) is 4.03. The highest BCUT2D eigenvalue weighted by Crippen LogP contribution is 2.29. The van der Waals surface area contributed by atoms with Gasteiger partial charge in [-0.2, -0.15) is 5.10 Å². The van der Waals surface area contributed by atoms with E-state index in [1.54, 1.807) is 14.2 Å². The fraction of sp³-hybridized carbons (Fsp3) is 0.250. The number of benzene rings is 2. The Hall–Kier alpha value is -2.82. The van der Waals surface area contributed by atoms with Gasteiger partial charge in [0.2, 0.25) is 0 Å². The number of guanidine groups is 1. The van der Waals surface area contributed by atoms with Gasteiger partial charge in [0, 0.05) is 23.9 Å². The second-order valence-electron chi connectivity index (χ2n) is 5.92. The Morgan fingerprint density at radius 1 is 1.10 bits per heavy atom. The van der Waals surface area contributed by atoms with E-state index < -0.39 is 0 Å². The average molecular weight is 508 g/mol. The number of anilines is 1. The second-order valence-corrected chi connectivity index (χ2v) is 5.92. The molecular formula is C20H25IN6O2. The van der Waals surface area contributed by atoms with E-state index in [2.05, 4.69) is 30.8 Å². The summed E-state index contributed by atoms with van der Waals surface area (Å²) in [7, 11) is 3.23. The first-order valence-corrected chi connectivity index (χ1v) is 8.95. The maximum Gasteiger partial charge on any atom is 0.196 e. The smallest absolute Gasteiger partial charge is 0.196 e. The summed E-state index contributed by atoms with van der Waals surface area (Å²) in [6.45, 7) is 3.29. The number of H-pyrrole nitrogens is 1. The lowest BCUT2D eigenvalue weighted by molar-refractivity contribution is 0.355. The molecule has 0 amide bonds. The van der Waals surface area contributed by atoms with Gasteiger partial charge in [-0.15, -0.1) is 24.0 Å². The standard InChI is InChI=1S/C20H24N6O2.HI/c1-4-21-20(25-16-8-9-17(27-2)18(11-16)28-3)22-12-14-6-5-7-15(10-14)19-23-13-24-26-19;/h5-11,13H,4,12H2,1-3H3,(H2,21,22,25)(H,23,24,26);1H. The molecule has 0 fully saturated rings. The average Bonchev–Trinajstić information content (AvgIpc) is 3.27. The van der Waals surface area contributed by atoms with Crippen molar-refractivity contribution in [3.63, 3.8) is 0 Å². The number of hydrogen-bond donors (Lipinski definition) is 3. The minimum absolute atomic E-state index is 0. The van der Waals surface area contributed by atoms with Crippen LogP contribution in [0.5, 0.6) is 11.5 Å². The highest BCUT2D eigenvalue weighted by Gasteiger charge is 2.07. The number of rotatable bonds is 7. The van der Waals surface area contributed by atoms with Crippen molar-refractivity contribution in [3.05, 3.63) is 54.4 Å². The fourth-order valence-electron chi connectivity index (χ4n) is 2.69. The van der Waals surface area contributed by atoms with Crippen LogP contribution in [0, 0.1) is 0 Å². The highest BCUT2D eigenvalue weighted by molar-refractivity contribution is 14.0. The summed E-state index contributed by atoms with van der Waals surface area (Å²) >= 11 is 0. The number of hydrogen-bond acceptors (Lipinski definition) is 5. The van der Waals surface area contributed by atoms with Crippen molar-refractivity contribution in [1.29, 1.82) is 0 Å². The van der Waals surface area contributed by atoms with Crippen LogP contribution in [-0.4, -0.2) is 41.9 Å². The maximum absolute atomic E-state index is 5.36. The molecule has 2 aromatic carbocycles. The molecule has 0 aliphatic rings. The SMILES string of the molecule is CCNC(=NCc1cccc(-c2ncn[nH]2)c1)Nc1ccc(OC)c(OC)c1.I. The largest absolute Gasteiger partial charge is 0.493 e. The molecule has 1 heterocycles. The quantitative estimate of drug-likeness (QED) is 0.256. The summed E-state index contributed by atoms with van der Waals surface area (Å²) in [6.07, 6.45) is 1.50. The van der Waals surface area contributed by atoms with Crippen LogP contribution in [0.4, 0.5) is 5.69 Å². The van der Waals surface area contributed by atoms with E-state index in [9.17, 15) is 0 Å². The van der Waals surface area contributed by atoms with Crippen molar-refractivity contribution in [2.45, 2.75) is 13.5 Å². The van der Waals surface area contributed by atoms with Crippen molar-refractivity contribution < 1.29 is 9.47 Å². The van der Waals surface area contributed by atoms with Crippen molar-refractivity contribution in [1.82, 2.24) is 20.5 Å². The molecule has 0 radical (unpaired) electrons. The molecule has 3 rings (SSSR count). The zero-order valence-electron chi connectivity index (χ0n) is 16.6. The molecule has 3 N–H and O–H groups in total. The molecule has 3 aromatic rings. The number of ether oxygens (including phenoxy) is 2. The number of aromatic amines is 1. The van der Waals surface area contributed by atoms with E-state index >= 15 is 0 Å². The lowest BCUT2D eigenvalue weighted by Gasteiger charge is -2.14. The van der Waals surface area contributed by atoms with Gasteiger partial charge < -0.3 is 20.1 Å². The van der Waals surface area contributed by atoms with Crippen LogP contribution < -0.4 is 20.1 Å². The van der Waals surface area contributed by atoms with E-state index in [4.69, 9.17) is 9.47 Å². The molecule has 0 aliphatic carbocycles. The molecule has 29 heavy (non-hydrogen) atoms. The Bertz CT molecular complexity index is 930. The van der Waals surface area contributed by atoms with Crippen LogP contribution in [0.3, 0.4) is 0 Å². The molecule has 0 bridgehead atoms. The molecule has 0 atom stereocenters. The minimum atomic E-state index is 0. The molecule has 8 nitrogen and oxygen atoms in total. The molecule has 0 aliphatic heterocycles. The zero-order chi connectivity index (χ0) is 19.8. The Kier molecular flexibility index (Phi) is 8.71. The lowest BCUT2D eigenvalue weighted by Crippen LogP contribution is -2.30. The van der Waals surface area contributed by atoms with Crippen LogP contribution in [0.1, 0.15) is 12.5 Å². The van der Waals surface area contributed by atoms with E-state index in [1.807, 2.05) is 49.4 Å². The summed E-state index contributed by atoms with van der Waals surface area (Å²) in [5.41, 5.74) is 2.90. The predicted molar refractivity (Wildman–Crippen MR) is 125 cm³/mol. The van der Waals surface area contributed by atoms with E-state index in [1.165, 1.54) is 6.33 Å². The number of nitrogens with zero attached hydrogens (tertiary/aromatic N) is 3. The molecule has 9 heteroatoms. The topological polar surface area (TPSA) is 96.5 Å². The van der Waals surface area contributed by atoms with Gasteiger partial charge in [-0.25, -0.2) is 9.98 Å². The number of aliphatic imine (C=N–C) groups is 1. The predicted octanol–water partition coefficient (Wildman–Crippen LogP) is 3.68. The summed E-state index contributed by atoms with van der Waals surface area (Å²) in [4.78, 5) is 8.86. The first kappa shape index (κ1) is 22.5. The molecular weight excluding hydrogens is 483 g/mol. The first-order valence-electron chi connectivity index (χ1n) is 8.95. The van der Waals surface area contributed by atoms with Crippen molar-refractivity contribution in [2.75, 3.05) is 26.1 Å². The maximum atomic E-state index is 5.36. The Morgan fingerprint density at radius 2 is 1.93 bits per heavy atom. The molecule has 154 valence electrons. The van der Waals surface area contributed by atoms with Gasteiger partial charge >= 0.3 is 0 Å². The van der Waals surface area contributed by atoms with E-state index in [0.29, 0.717) is 24.0 Å². The highest BCUT2D eigenvalue weighted by atomic mass is 127. The number of methoxy groups -OCH3 is 2. The van der Waals surface area contributed by atoms with Gasteiger partial charge in [0.15, 0.2) is 23.3 Å². The summed E-state index contributed by atoms with van der Waals surface area (Å²) < 4.78 is 10.6. The molecule has 0 spiro atoms. The minimum Gasteiger partial charge on any atom is -0.493 e. The Balaban J connectivity index is 0.00000300. The Labute approximate surface area is 187 Å². The van der Waals surface area contributed by atoms with Gasteiger partial charge in [-0.05, 0) is 30.7 Å². The van der Waals surface area contributed by atoms with Gasteiger partial charge in [-0.3, -0.25) is 5.10 Å². The lowest BCUT2D eigenvalue weighted by atomic mass is 10.1. The summed E-state index contributed by atoms with van der Waals surface area (Å²) in [5, 5.41) is 13.3. The van der Waals surface area contributed by atoms with Gasteiger partial charge in [0.05, 0.1) is 20.8 Å². The number of aromatic nitrogens is 3. The van der Waals surface area contributed by atoms with E-state index in [0.717, 1.165) is 29.2 Å². The molecule has 1 aromatic heterocycles. The fourth-order valence-corrected chi connectivity index (χ4v) is 2.69. The van der Waals surface area contributed by atoms with Crippen LogP contribution >= 0.6 is 24.0 Å². The molecule has 0 saturated heterocycles. The third-order valence-corrected chi connectivity index (χ3v) is 4.03. The molecule has 0 unspecified atom stereocenters. The first-order chi connectivity index (χ1) is 13.7. The number of nitrogens with one attached hydrogen (secondary N) is 3. The molecule has 0 saturated carbocycles. The van der Waals surface area contributed by atoms with Gasteiger partial charge in [0.1, 0.15) is 6.33 Å². The normalized spacial score (nSPS) is 10.8. The van der Waals surface area contributed by atoms with Crippen LogP contribution in [0.2, 0.25) is 0 Å². The van der Waals surface area contributed by atoms with Gasteiger partial charge in [0.25, 0.3) is 0 Å². The van der Waals surface area contributed by atoms with Crippen molar-refractivity contribution in [3.8, 4) is 22.9 Å². The zero-order valence-corrected chi connectivity index (χ0v) is 18.9. The number of halogens is 1. The second kappa shape index (κ2) is 11.2. The van der Waals surface area contributed by atoms with Crippen LogP contribution in [0.25, 0.3) is 11.4 Å². The van der Waals surface area contributed by atoms with Crippen LogP contribution in [-0.2, 0) is 6.54 Å². The van der Waals surface area contributed by atoms with Crippen molar-refractivity contribution >= 4 is 35.6 Å². The van der Waals surface area contributed by atoms with E-state index in [-0.39, 0.29) is 24.0 Å². The monoisotopic (exact) mass is 508 g/mol. The third kappa shape index (κ3) is 6.08. The van der Waals surface area contributed by atoms with Crippen molar-refractivity contribution in [2.24, 2.45) is 4.99 Å². The summed E-state index contributed by atoms with van der Waals surface area (Å²) in [5.74, 6) is 2.75.